The molecule has 0 amide bonds. The highest BCUT2D eigenvalue weighted by molar-refractivity contribution is 9.10. The minimum Gasteiger partial charge on any atom is -0.306 e. The Bertz CT molecular complexity index is 1080. The van der Waals surface area contributed by atoms with Gasteiger partial charge in [-0.25, -0.2) is 10.2 Å². The number of nitrogens with one attached hydrogen (secondary N) is 1. The molecule has 8 nitrogen and oxygen atoms in total. The van der Waals surface area contributed by atoms with E-state index < -0.39 is 11.2 Å². The summed E-state index contributed by atoms with van der Waals surface area (Å²) in [5.41, 5.74) is 3.53. The molecule has 2 aromatic heterocycles. The van der Waals surface area contributed by atoms with Crippen LogP contribution in [-0.2, 0) is 21.1 Å². The largest absolute Gasteiger partial charge is 0.332 e. The number of aromatic nitrogens is 4. The van der Waals surface area contributed by atoms with Crippen molar-refractivity contribution in [2.75, 3.05) is 5.43 Å². The highest BCUT2D eigenvalue weighted by Gasteiger charge is 2.16. The zero-order chi connectivity index (χ0) is 17.4. The zero-order valence-electron chi connectivity index (χ0n) is 13.3. The number of hydrogen-bond donors (Lipinski definition) is 1. The molecule has 3 aromatic rings. The summed E-state index contributed by atoms with van der Waals surface area (Å²) in [6, 6.07) is 7.64. The number of anilines is 1. The zero-order valence-corrected chi connectivity index (χ0v) is 14.9. The van der Waals surface area contributed by atoms with Crippen LogP contribution in [0, 0.1) is 0 Å². The third kappa shape index (κ3) is 2.56. The van der Waals surface area contributed by atoms with Gasteiger partial charge in [-0.2, -0.15) is 10.1 Å². The van der Waals surface area contributed by atoms with E-state index in [-0.39, 0.29) is 0 Å². The third-order valence-corrected chi connectivity index (χ3v) is 4.47. The molecule has 0 saturated carbocycles. The average molecular weight is 391 g/mol. The van der Waals surface area contributed by atoms with E-state index in [0.29, 0.717) is 17.1 Å². The van der Waals surface area contributed by atoms with Gasteiger partial charge in [0.25, 0.3) is 5.56 Å². The first-order valence-corrected chi connectivity index (χ1v) is 7.87. The predicted molar refractivity (Wildman–Crippen MR) is 96.6 cm³/mol. The Morgan fingerprint density at radius 3 is 2.54 bits per heavy atom. The number of benzene rings is 1. The highest BCUT2D eigenvalue weighted by Crippen LogP contribution is 2.15. The molecule has 1 N–H and O–H groups in total. The van der Waals surface area contributed by atoms with Crippen LogP contribution in [0.15, 0.2) is 43.4 Å². The molecule has 0 radical (unpaired) electrons. The summed E-state index contributed by atoms with van der Waals surface area (Å²) in [5, 5.41) is 4.15. The second-order valence-electron chi connectivity index (χ2n) is 5.26. The summed E-state index contributed by atoms with van der Waals surface area (Å²) in [6.07, 6.45) is 1.64. The van der Waals surface area contributed by atoms with Crippen molar-refractivity contribution in [3.8, 4) is 0 Å². The lowest BCUT2D eigenvalue weighted by Gasteiger charge is -2.03. The van der Waals surface area contributed by atoms with Crippen molar-refractivity contribution in [1.82, 2.24) is 18.7 Å². The van der Waals surface area contributed by atoms with Gasteiger partial charge in [0, 0.05) is 31.2 Å². The van der Waals surface area contributed by atoms with Crippen LogP contribution in [0.2, 0.25) is 0 Å². The van der Waals surface area contributed by atoms with Crippen LogP contribution in [0.4, 0.5) is 5.95 Å². The fourth-order valence-electron chi connectivity index (χ4n) is 2.36. The molecule has 0 saturated heterocycles. The Hall–Kier alpha value is -2.68. The first kappa shape index (κ1) is 16.2. The second-order valence-corrected chi connectivity index (χ2v) is 6.12. The van der Waals surface area contributed by atoms with Gasteiger partial charge in [0.1, 0.15) is 0 Å². The molecule has 0 unspecified atom stereocenters. The lowest BCUT2D eigenvalue weighted by molar-refractivity contribution is 0.705. The Morgan fingerprint density at radius 2 is 1.83 bits per heavy atom. The molecule has 24 heavy (non-hydrogen) atoms. The first-order valence-electron chi connectivity index (χ1n) is 7.08. The van der Waals surface area contributed by atoms with E-state index in [1.165, 1.54) is 11.6 Å². The van der Waals surface area contributed by atoms with Crippen molar-refractivity contribution >= 4 is 39.3 Å². The van der Waals surface area contributed by atoms with Crippen molar-refractivity contribution in [3.63, 3.8) is 0 Å². The maximum atomic E-state index is 12.3. The molecule has 1 aromatic carbocycles. The van der Waals surface area contributed by atoms with Crippen LogP contribution in [0.1, 0.15) is 5.56 Å². The lowest BCUT2D eigenvalue weighted by Crippen LogP contribution is -2.37. The van der Waals surface area contributed by atoms with E-state index in [4.69, 9.17) is 0 Å². The minimum absolute atomic E-state index is 0.309. The van der Waals surface area contributed by atoms with Crippen molar-refractivity contribution < 1.29 is 0 Å². The summed E-state index contributed by atoms with van der Waals surface area (Å²) in [6.45, 7) is 0. The van der Waals surface area contributed by atoms with Gasteiger partial charge in [0.15, 0.2) is 11.2 Å². The molecular formula is C15H15BrN6O2. The van der Waals surface area contributed by atoms with Crippen molar-refractivity contribution in [2.45, 2.75) is 0 Å². The van der Waals surface area contributed by atoms with E-state index in [1.54, 1.807) is 24.9 Å². The van der Waals surface area contributed by atoms with Crippen molar-refractivity contribution in [1.29, 1.82) is 0 Å². The Kier molecular flexibility index (Phi) is 4.10. The van der Waals surface area contributed by atoms with Gasteiger partial charge in [0.05, 0.1) is 6.21 Å². The molecule has 0 spiro atoms. The Balaban J connectivity index is 2.03. The molecule has 0 aliphatic carbocycles. The van der Waals surface area contributed by atoms with Gasteiger partial charge in [-0.1, -0.05) is 34.1 Å². The monoisotopic (exact) mass is 390 g/mol. The normalized spacial score (nSPS) is 11.5. The average Bonchev–Trinajstić information content (AvgIpc) is 2.90. The first-order chi connectivity index (χ1) is 11.4. The van der Waals surface area contributed by atoms with E-state index in [1.807, 2.05) is 24.3 Å². The van der Waals surface area contributed by atoms with E-state index in [9.17, 15) is 9.59 Å². The molecule has 0 fully saturated rings. The van der Waals surface area contributed by atoms with Gasteiger partial charge >= 0.3 is 5.69 Å². The Morgan fingerprint density at radius 1 is 1.12 bits per heavy atom. The van der Waals surface area contributed by atoms with Gasteiger partial charge in [-0.05, 0) is 6.07 Å². The number of hydrogen-bond acceptors (Lipinski definition) is 5. The topological polar surface area (TPSA) is 86.2 Å². The molecule has 2 heterocycles. The number of hydrazone groups is 1. The maximum Gasteiger partial charge on any atom is 0.332 e. The van der Waals surface area contributed by atoms with Gasteiger partial charge < -0.3 is 4.57 Å². The molecule has 3 rings (SSSR count). The molecule has 0 bridgehead atoms. The van der Waals surface area contributed by atoms with E-state index in [0.717, 1.165) is 14.6 Å². The smallest absolute Gasteiger partial charge is 0.306 e. The van der Waals surface area contributed by atoms with Crippen LogP contribution < -0.4 is 16.7 Å². The SMILES string of the molecule is Cn1c(=O)c2c(nc(N/N=C\c3ccccc3Br)n2C)n(C)c1=O. The number of rotatable bonds is 3. The van der Waals surface area contributed by atoms with Gasteiger partial charge in [-0.3, -0.25) is 13.9 Å². The summed E-state index contributed by atoms with van der Waals surface area (Å²) in [7, 11) is 4.71. The molecular weight excluding hydrogens is 376 g/mol. The number of halogens is 1. The number of nitrogens with zero attached hydrogens (tertiary/aromatic N) is 5. The van der Waals surface area contributed by atoms with Crippen LogP contribution in [0.25, 0.3) is 11.2 Å². The summed E-state index contributed by atoms with van der Waals surface area (Å²) >= 11 is 3.44. The third-order valence-electron chi connectivity index (χ3n) is 3.75. The number of fused-ring (bicyclic) bond motifs is 1. The summed E-state index contributed by atoms with van der Waals surface area (Å²) < 4.78 is 4.88. The van der Waals surface area contributed by atoms with Crippen LogP contribution >= 0.6 is 15.9 Å². The fourth-order valence-corrected chi connectivity index (χ4v) is 2.74. The molecule has 0 aliphatic heterocycles. The fraction of sp³-hybridized carbons (Fsp3) is 0.200. The minimum atomic E-state index is -0.422. The Labute approximate surface area is 145 Å². The molecule has 0 atom stereocenters. The van der Waals surface area contributed by atoms with E-state index >= 15 is 0 Å². The highest BCUT2D eigenvalue weighted by atomic mass is 79.9. The lowest BCUT2D eigenvalue weighted by atomic mass is 10.2. The van der Waals surface area contributed by atoms with Gasteiger partial charge in [0.2, 0.25) is 5.95 Å². The molecule has 124 valence electrons. The van der Waals surface area contributed by atoms with Crippen LogP contribution in [-0.4, -0.2) is 24.9 Å². The van der Waals surface area contributed by atoms with Crippen LogP contribution in [0.5, 0.6) is 0 Å². The number of imidazole rings is 1. The quantitative estimate of drug-likeness (QED) is 0.537. The van der Waals surface area contributed by atoms with E-state index in [2.05, 4.69) is 31.4 Å². The second kappa shape index (κ2) is 6.08. The van der Waals surface area contributed by atoms with Crippen LogP contribution in [0.3, 0.4) is 0 Å². The summed E-state index contributed by atoms with van der Waals surface area (Å²) in [5.74, 6) is 0.367. The van der Waals surface area contributed by atoms with Gasteiger partial charge in [-0.15, -0.1) is 0 Å². The number of aryl methyl sites for hydroxylation is 2. The predicted octanol–water partition coefficient (Wildman–Crippen LogP) is 1.18. The molecule has 0 aliphatic rings. The standard InChI is InChI=1S/C15H15BrN6O2/c1-20-11-12(21(2)15(24)22(3)13(11)23)18-14(20)19-17-8-9-6-4-5-7-10(9)16/h4-8H,1-3H3,(H,18,19)/b17-8-. The molecule has 9 heteroatoms. The summed E-state index contributed by atoms with van der Waals surface area (Å²) in [4.78, 5) is 28.6. The van der Waals surface area contributed by atoms with Crippen molar-refractivity contribution in [3.05, 3.63) is 55.1 Å². The maximum absolute atomic E-state index is 12.3. The van der Waals surface area contributed by atoms with Crippen molar-refractivity contribution in [2.24, 2.45) is 26.2 Å².